The van der Waals surface area contributed by atoms with E-state index in [0.717, 1.165) is 49.6 Å². The molecule has 1 N–H and O–H groups in total. The van der Waals surface area contributed by atoms with Gasteiger partial charge in [0.25, 0.3) is 0 Å². The zero-order valence-corrected chi connectivity index (χ0v) is 15.7. The Morgan fingerprint density at radius 1 is 1.12 bits per heavy atom. The Morgan fingerprint density at radius 2 is 1.81 bits per heavy atom. The molecule has 3 heterocycles. The van der Waals surface area contributed by atoms with Crippen LogP contribution < -0.4 is 0 Å². The highest BCUT2D eigenvalue weighted by Crippen LogP contribution is 2.48. The Balaban J connectivity index is 1.51. The number of pyridine rings is 1. The van der Waals surface area contributed by atoms with Crippen LogP contribution in [0.3, 0.4) is 0 Å². The Hall–Kier alpha value is -1.85. The lowest BCUT2D eigenvalue weighted by Crippen LogP contribution is -2.58. The quantitative estimate of drug-likeness (QED) is 0.916. The summed E-state index contributed by atoms with van der Waals surface area (Å²) in [4.78, 5) is 16.0. The first kappa shape index (κ1) is 17.6. The molecule has 2 atom stereocenters. The summed E-state index contributed by atoms with van der Waals surface area (Å²) in [5.74, 6) is 1.72. The van der Waals surface area contributed by atoms with E-state index in [1.807, 2.05) is 30.6 Å². The maximum atomic E-state index is 11.6. The number of aromatic nitrogens is 3. The normalized spacial score (nSPS) is 29.1. The molecule has 0 unspecified atom stereocenters. The van der Waals surface area contributed by atoms with E-state index in [1.165, 1.54) is 6.42 Å². The fourth-order valence-electron chi connectivity index (χ4n) is 4.69. The number of aliphatic hydroxyl groups is 1. The molecule has 2 aromatic rings. The van der Waals surface area contributed by atoms with Crippen LogP contribution in [0.15, 0.2) is 36.8 Å². The lowest BCUT2D eigenvalue weighted by molar-refractivity contribution is -0.151. The van der Waals surface area contributed by atoms with Gasteiger partial charge in [0.1, 0.15) is 11.4 Å². The highest BCUT2D eigenvalue weighted by atomic mass is 16.3. The highest BCUT2D eigenvalue weighted by Gasteiger charge is 2.52. The van der Waals surface area contributed by atoms with Crippen molar-refractivity contribution in [3.63, 3.8) is 0 Å². The number of nitrogens with zero attached hydrogens (tertiary/aromatic N) is 4. The van der Waals surface area contributed by atoms with Gasteiger partial charge in [0.05, 0.1) is 5.69 Å². The van der Waals surface area contributed by atoms with Crippen molar-refractivity contribution in [3.8, 4) is 0 Å². The molecule has 0 aromatic carbocycles. The van der Waals surface area contributed by atoms with E-state index in [0.29, 0.717) is 5.92 Å². The van der Waals surface area contributed by atoms with E-state index in [-0.39, 0.29) is 11.8 Å². The smallest absolute Gasteiger partial charge is 0.130 e. The third-order valence-corrected chi connectivity index (χ3v) is 6.03. The molecule has 1 saturated carbocycles. The van der Waals surface area contributed by atoms with Gasteiger partial charge in [0, 0.05) is 61.5 Å². The zero-order valence-electron chi connectivity index (χ0n) is 15.7. The fourth-order valence-corrected chi connectivity index (χ4v) is 4.69. The number of hydrogen-bond acceptors (Lipinski definition) is 5. The summed E-state index contributed by atoms with van der Waals surface area (Å²) >= 11 is 0. The SMILES string of the molecule is CC(C)c1ncc(CN2C[C@@H]3CCC[C@@H](C2)C3(O)c2ccccn2)cn1. The fraction of sp³-hybridized carbons (Fsp3) is 0.571. The molecule has 1 saturated heterocycles. The first-order chi connectivity index (χ1) is 12.6. The first-order valence-corrected chi connectivity index (χ1v) is 9.74. The molecule has 5 heteroatoms. The van der Waals surface area contributed by atoms with E-state index in [9.17, 15) is 5.11 Å². The monoisotopic (exact) mass is 352 g/mol. The maximum absolute atomic E-state index is 11.6. The van der Waals surface area contributed by atoms with Crippen LogP contribution in [0.1, 0.15) is 56.1 Å². The molecule has 26 heavy (non-hydrogen) atoms. The minimum Gasteiger partial charge on any atom is -0.383 e. The number of hydrogen-bond donors (Lipinski definition) is 1. The number of likely N-dealkylation sites (tertiary alicyclic amines) is 1. The van der Waals surface area contributed by atoms with Gasteiger partial charge in [-0.2, -0.15) is 0 Å². The number of fused-ring (bicyclic) bond motifs is 2. The van der Waals surface area contributed by atoms with Gasteiger partial charge in [0.15, 0.2) is 0 Å². The van der Waals surface area contributed by atoms with Gasteiger partial charge in [-0.15, -0.1) is 0 Å². The molecule has 0 amide bonds. The maximum Gasteiger partial charge on any atom is 0.130 e. The van der Waals surface area contributed by atoms with Crippen molar-refractivity contribution in [3.05, 3.63) is 53.9 Å². The summed E-state index contributed by atoms with van der Waals surface area (Å²) in [5.41, 5.74) is 1.21. The molecule has 2 fully saturated rings. The van der Waals surface area contributed by atoms with Crippen LogP contribution >= 0.6 is 0 Å². The second kappa shape index (κ2) is 7.05. The summed E-state index contributed by atoms with van der Waals surface area (Å²) in [6.07, 6.45) is 9.02. The van der Waals surface area contributed by atoms with Crippen LogP contribution in [-0.2, 0) is 12.1 Å². The molecule has 2 bridgehead atoms. The van der Waals surface area contributed by atoms with E-state index < -0.39 is 5.60 Å². The minimum atomic E-state index is -0.784. The summed E-state index contributed by atoms with van der Waals surface area (Å²) in [7, 11) is 0. The molecule has 0 spiro atoms. The number of rotatable bonds is 4. The minimum absolute atomic E-state index is 0.237. The van der Waals surface area contributed by atoms with E-state index in [4.69, 9.17) is 0 Å². The first-order valence-electron chi connectivity index (χ1n) is 9.74. The standard InChI is InChI=1S/C21H28N4O/c1-15(2)20-23-10-16(11-24-20)12-25-13-17-6-5-7-18(14-25)21(17,26)19-8-3-4-9-22-19/h3-4,8-11,15,17-18,26H,5-7,12-14H2,1-2H3/t17-,18-/m0/s1. The van der Waals surface area contributed by atoms with Gasteiger partial charge in [-0.05, 0) is 25.0 Å². The number of piperidine rings is 1. The summed E-state index contributed by atoms with van der Waals surface area (Å²) < 4.78 is 0. The molecule has 5 nitrogen and oxygen atoms in total. The Kier molecular flexibility index (Phi) is 4.76. The van der Waals surface area contributed by atoms with Crippen LogP contribution in [0.4, 0.5) is 0 Å². The summed E-state index contributed by atoms with van der Waals surface area (Å²) in [6.45, 7) is 6.87. The lowest BCUT2D eigenvalue weighted by atomic mass is 9.64. The Bertz CT molecular complexity index is 717. The Labute approximate surface area is 155 Å². The van der Waals surface area contributed by atoms with Crippen molar-refractivity contribution < 1.29 is 5.11 Å². The van der Waals surface area contributed by atoms with E-state index in [2.05, 4.69) is 33.7 Å². The predicted octanol–water partition coefficient (Wildman–Crippen LogP) is 3.11. The van der Waals surface area contributed by atoms with Crippen LogP contribution in [0, 0.1) is 11.8 Å². The van der Waals surface area contributed by atoms with Crippen molar-refractivity contribution in [2.45, 2.75) is 51.2 Å². The molecule has 4 rings (SSSR count). The van der Waals surface area contributed by atoms with Gasteiger partial charge in [-0.3, -0.25) is 9.88 Å². The lowest BCUT2D eigenvalue weighted by Gasteiger charge is -2.52. The Morgan fingerprint density at radius 3 is 2.38 bits per heavy atom. The third-order valence-electron chi connectivity index (χ3n) is 6.03. The molecule has 2 aliphatic rings. The van der Waals surface area contributed by atoms with Crippen molar-refractivity contribution >= 4 is 0 Å². The topological polar surface area (TPSA) is 62.1 Å². The molecular formula is C21H28N4O. The van der Waals surface area contributed by atoms with Gasteiger partial charge < -0.3 is 5.11 Å². The molecule has 1 aliphatic heterocycles. The summed E-state index contributed by atoms with van der Waals surface area (Å²) in [6, 6.07) is 5.88. The third kappa shape index (κ3) is 3.14. The molecule has 2 aromatic heterocycles. The average Bonchev–Trinajstić information content (AvgIpc) is 2.64. The van der Waals surface area contributed by atoms with Crippen LogP contribution in [0.2, 0.25) is 0 Å². The summed E-state index contributed by atoms with van der Waals surface area (Å²) in [5, 5.41) is 11.6. The largest absolute Gasteiger partial charge is 0.383 e. The molecule has 0 radical (unpaired) electrons. The molecule has 138 valence electrons. The predicted molar refractivity (Wildman–Crippen MR) is 100 cm³/mol. The van der Waals surface area contributed by atoms with E-state index in [1.54, 1.807) is 6.20 Å². The van der Waals surface area contributed by atoms with Crippen molar-refractivity contribution in [1.82, 2.24) is 19.9 Å². The zero-order chi connectivity index (χ0) is 18.1. The van der Waals surface area contributed by atoms with Gasteiger partial charge in [-0.25, -0.2) is 9.97 Å². The van der Waals surface area contributed by atoms with Crippen molar-refractivity contribution in [2.24, 2.45) is 11.8 Å². The second-order valence-electron chi connectivity index (χ2n) is 8.16. The van der Waals surface area contributed by atoms with Gasteiger partial charge in [-0.1, -0.05) is 26.3 Å². The van der Waals surface area contributed by atoms with E-state index >= 15 is 0 Å². The van der Waals surface area contributed by atoms with Crippen molar-refractivity contribution in [1.29, 1.82) is 0 Å². The molecular weight excluding hydrogens is 324 g/mol. The molecule has 1 aliphatic carbocycles. The van der Waals surface area contributed by atoms with Gasteiger partial charge >= 0.3 is 0 Å². The van der Waals surface area contributed by atoms with Crippen LogP contribution in [0.25, 0.3) is 0 Å². The van der Waals surface area contributed by atoms with Crippen LogP contribution in [0.5, 0.6) is 0 Å². The average molecular weight is 352 g/mol. The van der Waals surface area contributed by atoms with Gasteiger partial charge in [0.2, 0.25) is 0 Å². The highest BCUT2D eigenvalue weighted by molar-refractivity contribution is 5.20. The van der Waals surface area contributed by atoms with Crippen LogP contribution in [-0.4, -0.2) is 38.0 Å². The second-order valence-corrected chi connectivity index (χ2v) is 8.16. The van der Waals surface area contributed by atoms with Crippen molar-refractivity contribution in [2.75, 3.05) is 13.1 Å².